The van der Waals surface area contributed by atoms with E-state index in [1.54, 1.807) is 6.20 Å². The van der Waals surface area contributed by atoms with Gasteiger partial charge in [-0.1, -0.05) is 37.3 Å². The Hall–Kier alpha value is -2.24. The van der Waals surface area contributed by atoms with Gasteiger partial charge in [0, 0.05) is 6.42 Å². The molecule has 0 fully saturated rings. The molecule has 3 rings (SSSR count). The highest BCUT2D eigenvalue weighted by molar-refractivity contribution is 5.74. The molecule has 0 saturated carbocycles. The standard InChI is InChI=1S/C18H16F4N2/c1-11-2-4-12(5-3-11)16-9-23-10-17(24-16)13-6-7-14(15(19)8-13)18(20,21)22/h2,4-7,9-11,15H,3,8H2,1H3. The molecule has 1 aromatic heterocycles. The molecule has 2 aliphatic rings. The zero-order chi connectivity index (χ0) is 17.3. The lowest BCUT2D eigenvalue weighted by Gasteiger charge is -2.20. The first-order chi connectivity index (χ1) is 11.3. The van der Waals surface area contributed by atoms with E-state index in [0.717, 1.165) is 18.1 Å². The van der Waals surface area contributed by atoms with E-state index in [0.29, 0.717) is 22.9 Å². The summed E-state index contributed by atoms with van der Waals surface area (Å²) in [7, 11) is 0. The van der Waals surface area contributed by atoms with Crippen molar-refractivity contribution in [3.05, 3.63) is 59.7 Å². The fourth-order valence-corrected chi connectivity index (χ4v) is 2.71. The fourth-order valence-electron chi connectivity index (χ4n) is 2.71. The van der Waals surface area contributed by atoms with Crippen molar-refractivity contribution >= 4 is 11.1 Å². The van der Waals surface area contributed by atoms with Gasteiger partial charge in [0.25, 0.3) is 0 Å². The van der Waals surface area contributed by atoms with Gasteiger partial charge in [-0.2, -0.15) is 13.2 Å². The number of halogens is 4. The lowest BCUT2D eigenvalue weighted by molar-refractivity contribution is -0.100. The lowest BCUT2D eigenvalue weighted by atomic mass is 9.94. The van der Waals surface area contributed by atoms with Crippen LogP contribution in [0.2, 0.25) is 0 Å². The van der Waals surface area contributed by atoms with Gasteiger partial charge in [-0.15, -0.1) is 0 Å². The van der Waals surface area contributed by atoms with Crippen LogP contribution in [0.4, 0.5) is 17.6 Å². The number of hydrogen-bond acceptors (Lipinski definition) is 2. The monoisotopic (exact) mass is 336 g/mol. The SMILES string of the molecule is CC1C=CC(c2cncc(C3=CC=C(C(F)(F)F)C(F)C3)n2)=CC1. The van der Waals surface area contributed by atoms with Gasteiger partial charge in [-0.25, -0.2) is 9.37 Å². The summed E-state index contributed by atoms with van der Waals surface area (Å²) in [4.78, 5) is 8.54. The smallest absolute Gasteiger partial charge is 0.260 e. The average Bonchev–Trinajstić information content (AvgIpc) is 2.54. The van der Waals surface area contributed by atoms with Crippen LogP contribution in [0.1, 0.15) is 31.2 Å². The zero-order valence-electron chi connectivity index (χ0n) is 13.0. The predicted octanol–water partition coefficient (Wildman–Crippen LogP) is 5.07. The van der Waals surface area contributed by atoms with Crippen LogP contribution in [0.5, 0.6) is 0 Å². The third kappa shape index (κ3) is 3.47. The molecule has 6 heteroatoms. The molecule has 2 atom stereocenters. The van der Waals surface area contributed by atoms with Gasteiger partial charge in [-0.05, 0) is 23.5 Å². The molecule has 0 N–H and O–H groups in total. The average molecular weight is 336 g/mol. The van der Waals surface area contributed by atoms with Crippen LogP contribution in [-0.2, 0) is 0 Å². The van der Waals surface area contributed by atoms with Crippen molar-refractivity contribution in [2.45, 2.75) is 32.1 Å². The first-order valence-electron chi connectivity index (χ1n) is 7.68. The van der Waals surface area contributed by atoms with Crippen molar-refractivity contribution < 1.29 is 17.6 Å². The van der Waals surface area contributed by atoms with Gasteiger partial charge in [0.2, 0.25) is 0 Å². The molecule has 2 unspecified atom stereocenters. The van der Waals surface area contributed by atoms with Crippen molar-refractivity contribution in [2.24, 2.45) is 5.92 Å². The maximum Gasteiger partial charge on any atom is 0.415 e. The van der Waals surface area contributed by atoms with Crippen molar-refractivity contribution in [1.29, 1.82) is 0 Å². The molecule has 0 saturated heterocycles. The topological polar surface area (TPSA) is 25.8 Å². The highest BCUT2D eigenvalue weighted by Crippen LogP contribution is 2.37. The van der Waals surface area contributed by atoms with E-state index >= 15 is 0 Å². The van der Waals surface area contributed by atoms with Crippen LogP contribution in [0, 0.1) is 5.92 Å². The van der Waals surface area contributed by atoms with Crippen LogP contribution in [0.3, 0.4) is 0 Å². The molecule has 0 aromatic carbocycles. The second-order valence-corrected chi connectivity index (χ2v) is 6.00. The Morgan fingerprint density at radius 3 is 2.50 bits per heavy atom. The summed E-state index contributed by atoms with van der Waals surface area (Å²) in [6.07, 6.45) is 5.00. The van der Waals surface area contributed by atoms with Crippen molar-refractivity contribution in [1.82, 2.24) is 9.97 Å². The van der Waals surface area contributed by atoms with Gasteiger partial charge in [0.15, 0.2) is 0 Å². The molecule has 2 nitrogen and oxygen atoms in total. The first-order valence-corrected chi connectivity index (χ1v) is 7.68. The number of aromatic nitrogens is 2. The fraction of sp³-hybridized carbons (Fsp3) is 0.333. The molecule has 24 heavy (non-hydrogen) atoms. The molecular formula is C18H16F4N2. The second kappa shape index (κ2) is 6.34. The van der Waals surface area contributed by atoms with Gasteiger partial charge < -0.3 is 0 Å². The van der Waals surface area contributed by atoms with Crippen LogP contribution in [0.25, 0.3) is 11.1 Å². The summed E-state index contributed by atoms with van der Waals surface area (Å²) in [5.41, 5.74) is 1.22. The Kier molecular flexibility index (Phi) is 4.39. The number of hydrogen-bond donors (Lipinski definition) is 0. The maximum atomic E-state index is 13.9. The Balaban J connectivity index is 1.89. The Morgan fingerprint density at radius 1 is 1.12 bits per heavy atom. The summed E-state index contributed by atoms with van der Waals surface area (Å²) in [5.74, 6) is 0.462. The molecule has 0 spiro atoms. The van der Waals surface area contributed by atoms with Gasteiger partial charge in [-0.3, -0.25) is 4.98 Å². The molecule has 0 aliphatic heterocycles. The molecule has 0 radical (unpaired) electrons. The highest BCUT2D eigenvalue weighted by atomic mass is 19.4. The minimum absolute atomic E-state index is 0.352. The molecular weight excluding hydrogens is 320 g/mol. The quantitative estimate of drug-likeness (QED) is 0.705. The first kappa shape index (κ1) is 16.6. The van der Waals surface area contributed by atoms with E-state index < -0.39 is 17.9 Å². The van der Waals surface area contributed by atoms with Gasteiger partial charge >= 0.3 is 6.18 Å². The van der Waals surface area contributed by atoms with E-state index in [1.807, 2.05) is 12.2 Å². The van der Waals surface area contributed by atoms with Crippen LogP contribution in [-0.4, -0.2) is 22.3 Å². The van der Waals surface area contributed by atoms with Gasteiger partial charge in [0.05, 0.1) is 29.4 Å². The number of rotatable bonds is 2. The third-order valence-electron chi connectivity index (χ3n) is 4.10. The molecule has 2 aliphatic carbocycles. The predicted molar refractivity (Wildman–Crippen MR) is 84.6 cm³/mol. The van der Waals surface area contributed by atoms with E-state index in [1.165, 1.54) is 12.3 Å². The lowest BCUT2D eigenvalue weighted by Crippen LogP contribution is -2.23. The number of allylic oxidation sites excluding steroid dienone is 8. The van der Waals surface area contributed by atoms with Crippen molar-refractivity contribution in [2.75, 3.05) is 0 Å². The maximum absolute atomic E-state index is 13.9. The van der Waals surface area contributed by atoms with Crippen LogP contribution < -0.4 is 0 Å². The minimum atomic E-state index is -4.65. The number of alkyl halides is 4. The summed E-state index contributed by atoms with van der Waals surface area (Å²) in [5, 5.41) is 0. The molecule has 0 amide bonds. The molecule has 1 heterocycles. The molecule has 126 valence electrons. The third-order valence-corrected chi connectivity index (χ3v) is 4.10. The van der Waals surface area contributed by atoms with E-state index in [2.05, 4.69) is 23.0 Å². The summed E-state index contributed by atoms with van der Waals surface area (Å²) in [6, 6.07) is 0. The van der Waals surface area contributed by atoms with E-state index in [4.69, 9.17) is 0 Å². The van der Waals surface area contributed by atoms with Gasteiger partial charge in [0.1, 0.15) is 6.17 Å². The second-order valence-electron chi connectivity index (χ2n) is 6.00. The van der Waals surface area contributed by atoms with Crippen LogP contribution >= 0.6 is 0 Å². The highest BCUT2D eigenvalue weighted by Gasteiger charge is 2.40. The number of nitrogens with zero attached hydrogens (tertiary/aromatic N) is 2. The molecule has 0 bridgehead atoms. The normalized spacial score (nSPS) is 24.3. The zero-order valence-corrected chi connectivity index (χ0v) is 13.0. The van der Waals surface area contributed by atoms with Crippen molar-refractivity contribution in [3.8, 4) is 0 Å². The minimum Gasteiger partial charge on any atom is -0.260 e. The van der Waals surface area contributed by atoms with E-state index in [9.17, 15) is 17.6 Å². The van der Waals surface area contributed by atoms with Crippen LogP contribution in [0.15, 0.2) is 48.3 Å². The largest absolute Gasteiger partial charge is 0.415 e. The Morgan fingerprint density at radius 2 is 1.88 bits per heavy atom. The Labute approximate surface area is 137 Å². The summed E-state index contributed by atoms with van der Waals surface area (Å²) < 4.78 is 51.9. The van der Waals surface area contributed by atoms with Crippen molar-refractivity contribution in [3.63, 3.8) is 0 Å². The Bertz CT molecular complexity index is 757. The summed E-state index contributed by atoms with van der Waals surface area (Å²) >= 11 is 0. The molecule has 1 aromatic rings. The van der Waals surface area contributed by atoms with E-state index in [-0.39, 0.29) is 6.42 Å². The summed E-state index contributed by atoms with van der Waals surface area (Å²) in [6.45, 7) is 2.10.